The molecule has 0 saturated carbocycles. The van der Waals surface area contributed by atoms with Crippen LogP contribution in [-0.4, -0.2) is 30.2 Å². The van der Waals surface area contributed by atoms with E-state index in [1.807, 2.05) is 31.3 Å². The molecule has 1 aromatic carbocycles. The molecule has 0 aliphatic carbocycles. The second kappa shape index (κ2) is 7.54. The number of nitrogens with one attached hydrogen (secondary N) is 1. The minimum Gasteiger partial charge on any atom is -0.497 e. The summed E-state index contributed by atoms with van der Waals surface area (Å²) < 4.78 is 17.5. The van der Waals surface area contributed by atoms with Gasteiger partial charge >= 0.3 is 0 Å². The van der Waals surface area contributed by atoms with E-state index in [-0.39, 0.29) is 6.04 Å². The highest BCUT2D eigenvalue weighted by Crippen LogP contribution is 2.18. The van der Waals surface area contributed by atoms with Gasteiger partial charge in [0.1, 0.15) is 5.75 Å². The maximum Gasteiger partial charge on any atom is 0.120 e. The summed E-state index contributed by atoms with van der Waals surface area (Å²) in [5.41, 5.74) is 0. The van der Waals surface area contributed by atoms with E-state index in [0.717, 1.165) is 17.1 Å². The van der Waals surface area contributed by atoms with Gasteiger partial charge in [0.2, 0.25) is 0 Å². The Labute approximate surface area is 112 Å². The number of hydrogen-bond donors (Lipinski definition) is 1. The summed E-state index contributed by atoms with van der Waals surface area (Å²) in [4.78, 5) is 0.831. The Morgan fingerprint density at radius 1 is 1.44 bits per heavy atom. The molecule has 0 bridgehead atoms. The quantitative estimate of drug-likeness (QED) is 0.826. The van der Waals surface area contributed by atoms with Crippen LogP contribution < -0.4 is 10.1 Å². The van der Waals surface area contributed by atoms with E-state index < -0.39 is 10.8 Å². The molecule has 0 saturated heterocycles. The Bertz CT molecular complexity index is 395. The standard InChI is InChI=1S/C14H23NO2S/c1-5-11(2)14(15-3)10-18(16)13-8-6-7-12(9-13)17-4/h6-9,11,14-15H,5,10H2,1-4H3. The molecule has 0 spiro atoms. The first-order valence-electron chi connectivity index (χ1n) is 6.32. The molecule has 0 aromatic heterocycles. The second-order valence-corrected chi connectivity index (χ2v) is 5.97. The van der Waals surface area contributed by atoms with Crippen LogP contribution in [0.2, 0.25) is 0 Å². The van der Waals surface area contributed by atoms with Crippen molar-refractivity contribution in [3.8, 4) is 5.75 Å². The molecule has 0 amide bonds. The Morgan fingerprint density at radius 3 is 2.72 bits per heavy atom. The number of rotatable bonds is 7. The zero-order valence-electron chi connectivity index (χ0n) is 11.6. The average Bonchev–Trinajstić information content (AvgIpc) is 2.43. The van der Waals surface area contributed by atoms with Crippen molar-refractivity contribution in [1.82, 2.24) is 5.32 Å². The predicted molar refractivity (Wildman–Crippen MR) is 76.6 cm³/mol. The summed E-state index contributed by atoms with van der Waals surface area (Å²) in [5.74, 6) is 1.91. The summed E-state index contributed by atoms with van der Waals surface area (Å²) in [7, 11) is 2.56. The predicted octanol–water partition coefficient (Wildman–Crippen LogP) is 2.44. The van der Waals surface area contributed by atoms with E-state index in [9.17, 15) is 4.21 Å². The highest BCUT2D eigenvalue weighted by molar-refractivity contribution is 7.85. The molecule has 18 heavy (non-hydrogen) atoms. The lowest BCUT2D eigenvalue weighted by Gasteiger charge is -2.22. The summed E-state index contributed by atoms with van der Waals surface area (Å²) in [5, 5.41) is 3.26. The molecule has 0 aliphatic rings. The highest BCUT2D eigenvalue weighted by Gasteiger charge is 2.17. The summed E-state index contributed by atoms with van der Waals surface area (Å²) in [6.45, 7) is 4.34. The van der Waals surface area contributed by atoms with Crippen molar-refractivity contribution in [2.75, 3.05) is 19.9 Å². The fourth-order valence-corrected chi connectivity index (χ4v) is 3.31. The fraction of sp³-hybridized carbons (Fsp3) is 0.571. The van der Waals surface area contributed by atoms with E-state index in [1.54, 1.807) is 7.11 Å². The molecule has 4 heteroatoms. The molecular formula is C14H23NO2S. The van der Waals surface area contributed by atoms with Gasteiger partial charge in [0.15, 0.2) is 0 Å². The first-order chi connectivity index (χ1) is 8.62. The van der Waals surface area contributed by atoms with Gasteiger partial charge in [-0.05, 0) is 31.2 Å². The Hall–Kier alpha value is -0.870. The Kier molecular flexibility index (Phi) is 6.36. The molecule has 1 rings (SSSR count). The zero-order valence-corrected chi connectivity index (χ0v) is 12.4. The van der Waals surface area contributed by atoms with Crippen molar-refractivity contribution in [1.29, 1.82) is 0 Å². The van der Waals surface area contributed by atoms with Gasteiger partial charge in [0, 0.05) is 16.7 Å². The van der Waals surface area contributed by atoms with Crippen molar-refractivity contribution in [2.24, 2.45) is 5.92 Å². The monoisotopic (exact) mass is 269 g/mol. The normalized spacial score (nSPS) is 16.0. The fourth-order valence-electron chi connectivity index (χ4n) is 1.82. The van der Waals surface area contributed by atoms with Crippen molar-refractivity contribution < 1.29 is 8.95 Å². The van der Waals surface area contributed by atoms with Crippen LogP contribution >= 0.6 is 0 Å². The molecule has 1 N–H and O–H groups in total. The first-order valence-corrected chi connectivity index (χ1v) is 7.64. The summed E-state index contributed by atoms with van der Waals surface area (Å²) in [6.07, 6.45) is 1.08. The van der Waals surface area contributed by atoms with Gasteiger partial charge in [0.05, 0.1) is 17.9 Å². The largest absolute Gasteiger partial charge is 0.497 e. The first kappa shape index (κ1) is 15.2. The molecule has 0 aliphatic heterocycles. The minimum absolute atomic E-state index is 0.280. The lowest BCUT2D eigenvalue weighted by atomic mass is 10.0. The lowest BCUT2D eigenvalue weighted by Crippen LogP contribution is -2.36. The summed E-state index contributed by atoms with van der Waals surface area (Å²) >= 11 is 0. The Balaban J connectivity index is 2.74. The molecule has 102 valence electrons. The van der Waals surface area contributed by atoms with Crippen LogP contribution in [0.5, 0.6) is 5.75 Å². The molecule has 0 fully saturated rings. The van der Waals surface area contributed by atoms with Gasteiger partial charge in [-0.2, -0.15) is 0 Å². The molecule has 0 radical (unpaired) electrons. The highest BCUT2D eigenvalue weighted by atomic mass is 32.2. The molecular weight excluding hydrogens is 246 g/mol. The van der Waals surface area contributed by atoms with Gasteiger partial charge in [0.25, 0.3) is 0 Å². The van der Waals surface area contributed by atoms with E-state index >= 15 is 0 Å². The van der Waals surface area contributed by atoms with Crippen molar-refractivity contribution in [3.05, 3.63) is 24.3 Å². The third kappa shape index (κ3) is 4.10. The number of methoxy groups -OCH3 is 1. The van der Waals surface area contributed by atoms with Crippen LogP contribution in [-0.2, 0) is 10.8 Å². The van der Waals surface area contributed by atoms with Gasteiger partial charge < -0.3 is 10.1 Å². The van der Waals surface area contributed by atoms with Gasteiger partial charge in [-0.25, -0.2) is 0 Å². The lowest BCUT2D eigenvalue weighted by molar-refractivity contribution is 0.413. The number of hydrogen-bond acceptors (Lipinski definition) is 3. The van der Waals surface area contributed by atoms with Crippen LogP contribution in [0.15, 0.2) is 29.2 Å². The van der Waals surface area contributed by atoms with Crippen LogP contribution in [0.25, 0.3) is 0 Å². The molecule has 3 atom stereocenters. The smallest absolute Gasteiger partial charge is 0.120 e. The maximum atomic E-state index is 12.3. The van der Waals surface area contributed by atoms with E-state index in [0.29, 0.717) is 11.7 Å². The third-order valence-corrected chi connectivity index (χ3v) is 4.78. The molecule has 3 nitrogen and oxygen atoms in total. The van der Waals surface area contributed by atoms with Crippen LogP contribution in [0, 0.1) is 5.92 Å². The number of ether oxygens (including phenoxy) is 1. The van der Waals surface area contributed by atoms with Crippen LogP contribution in [0.1, 0.15) is 20.3 Å². The SMILES string of the molecule is CCC(C)C(CS(=O)c1cccc(OC)c1)NC. The van der Waals surface area contributed by atoms with Crippen LogP contribution in [0.4, 0.5) is 0 Å². The van der Waals surface area contributed by atoms with Crippen LogP contribution in [0.3, 0.4) is 0 Å². The molecule has 0 heterocycles. The van der Waals surface area contributed by atoms with E-state index in [1.165, 1.54) is 0 Å². The van der Waals surface area contributed by atoms with Crippen molar-refractivity contribution in [2.45, 2.75) is 31.2 Å². The van der Waals surface area contributed by atoms with E-state index in [4.69, 9.17) is 4.74 Å². The topological polar surface area (TPSA) is 38.3 Å². The minimum atomic E-state index is -0.990. The Morgan fingerprint density at radius 2 is 2.17 bits per heavy atom. The summed E-state index contributed by atoms with van der Waals surface area (Å²) in [6, 6.07) is 7.76. The van der Waals surface area contributed by atoms with Gasteiger partial charge in [-0.1, -0.05) is 26.3 Å². The maximum absolute atomic E-state index is 12.3. The van der Waals surface area contributed by atoms with Gasteiger partial charge in [-0.15, -0.1) is 0 Å². The molecule has 1 aromatic rings. The van der Waals surface area contributed by atoms with Crippen molar-refractivity contribution in [3.63, 3.8) is 0 Å². The molecule has 3 unspecified atom stereocenters. The van der Waals surface area contributed by atoms with E-state index in [2.05, 4.69) is 19.2 Å². The zero-order chi connectivity index (χ0) is 13.5. The third-order valence-electron chi connectivity index (χ3n) is 3.34. The second-order valence-electron chi connectivity index (χ2n) is 4.47. The average molecular weight is 269 g/mol. The van der Waals surface area contributed by atoms with Crippen molar-refractivity contribution >= 4 is 10.8 Å². The number of benzene rings is 1. The van der Waals surface area contributed by atoms with Gasteiger partial charge in [-0.3, -0.25) is 4.21 Å².